The minimum absolute atomic E-state index is 0.224. The molecule has 0 bridgehead atoms. The molecule has 0 radical (unpaired) electrons. The summed E-state index contributed by atoms with van der Waals surface area (Å²) in [4.78, 5) is 0.224. The lowest BCUT2D eigenvalue weighted by molar-refractivity contribution is 0.393. The predicted octanol–water partition coefficient (Wildman–Crippen LogP) is 5.00. The van der Waals surface area contributed by atoms with E-state index in [1.165, 1.54) is 16.7 Å². The van der Waals surface area contributed by atoms with Gasteiger partial charge in [0, 0.05) is 10.9 Å². The maximum absolute atomic E-state index is 5.34. The van der Waals surface area contributed by atoms with E-state index in [4.69, 9.17) is 9.47 Å². The SMILES string of the molecule is COc1cc(OC)cc(C(Br)Cc2cc(C)ccc2C)c1. The van der Waals surface area contributed by atoms with Crippen molar-refractivity contribution in [1.29, 1.82) is 0 Å². The number of rotatable bonds is 5. The second-order valence-electron chi connectivity index (χ2n) is 5.25. The highest BCUT2D eigenvalue weighted by molar-refractivity contribution is 9.09. The van der Waals surface area contributed by atoms with Gasteiger partial charge in [0.2, 0.25) is 0 Å². The molecule has 0 amide bonds. The molecule has 2 nitrogen and oxygen atoms in total. The van der Waals surface area contributed by atoms with E-state index in [0.29, 0.717) is 0 Å². The van der Waals surface area contributed by atoms with Gasteiger partial charge in [-0.05, 0) is 49.1 Å². The lowest BCUT2D eigenvalue weighted by atomic mass is 9.98. The number of hydrogen-bond donors (Lipinski definition) is 0. The first-order valence-corrected chi connectivity index (χ1v) is 7.88. The Hall–Kier alpha value is -1.48. The summed E-state index contributed by atoms with van der Waals surface area (Å²) in [6.45, 7) is 4.28. The van der Waals surface area contributed by atoms with E-state index in [1.54, 1.807) is 14.2 Å². The summed E-state index contributed by atoms with van der Waals surface area (Å²) < 4.78 is 10.7. The molecule has 3 heteroatoms. The molecule has 2 aromatic rings. The average molecular weight is 349 g/mol. The van der Waals surface area contributed by atoms with Crippen molar-refractivity contribution in [2.75, 3.05) is 14.2 Å². The zero-order valence-electron chi connectivity index (χ0n) is 12.9. The fourth-order valence-corrected chi connectivity index (χ4v) is 2.95. The first-order chi connectivity index (χ1) is 10.0. The lowest BCUT2D eigenvalue weighted by Gasteiger charge is -2.15. The lowest BCUT2D eigenvalue weighted by Crippen LogP contribution is -1.99. The van der Waals surface area contributed by atoms with E-state index in [-0.39, 0.29) is 4.83 Å². The number of aryl methyl sites for hydroxylation is 2. The van der Waals surface area contributed by atoms with Crippen molar-refractivity contribution >= 4 is 15.9 Å². The topological polar surface area (TPSA) is 18.5 Å². The molecule has 0 aromatic heterocycles. The molecular weight excluding hydrogens is 328 g/mol. The monoisotopic (exact) mass is 348 g/mol. The van der Waals surface area contributed by atoms with Crippen molar-refractivity contribution in [3.05, 3.63) is 58.7 Å². The van der Waals surface area contributed by atoms with Crippen LogP contribution < -0.4 is 9.47 Å². The van der Waals surface area contributed by atoms with Crippen molar-refractivity contribution < 1.29 is 9.47 Å². The molecule has 1 atom stereocenters. The zero-order valence-corrected chi connectivity index (χ0v) is 14.5. The van der Waals surface area contributed by atoms with Gasteiger partial charge in [-0.25, -0.2) is 0 Å². The number of methoxy groups -OCH3 is 2. The number of hydrogen-bond acceptors (Lipinski definition) is 2. The second-order valence-corrected chi connectivity index (χ2v) is 6.35. The van der Waals surface area contributed by atoms with Crippen molar-refractivity contribution in [3.63, 3.8) is 0 Å². The third-order valence-electron chi connectivity index (χ3n) is 3.64. The Morgan fingerprint density at radius 1 is 0.952 bits per heavy atom. The van der Waals surface area contributed by atoms with E-state index in [1.807, 2.05) is 18.2 Å². The molecule has 0 spiro atoms. The Kier molecular flexibility index (Phi) is 5.29. The van der Waals surface area contributed by atoms with E-state index >= 15 is 0 Å². The molecule has 2 rings (SSSR count). The number of alkyl halides is 1. The minimum atomic E-state index is 0.224. The van der Waals surface area contributed by atoms with Crippen LogP contribution in [-0.4, -0.2) is 14.2 Å². The van der Waals surface area contributed by atoms with Crippen LogP contribution in [0.4, 0.5) is 0 Å². The molecule has 0 heterocycles. The quantitative estimate of drug-likeness (QED) is 0.708. The summed E-state index contributed by atoms with van der Waals surface area (Å²) >= 11 is 3.80. The average Bonchev–Trinajstić information content (AvgIpc) is 2.50. The molecular formula is C18H21BrO2. The smallest absolute Gasteiger partial charge is 0.122 e. The molecule has 1 unspecified atom stereocenters. The van der Waals surface area contributed by atoms with Crippen LogP contribution >= 0.6 is 15.9 Å². The summed E-state index contributed by atoms with van der Waals surface area (Å²) in [5.74, 6) is 1.63. The van der Waals surface area contributed by atoms with Gasteiger partial charge in [-0.2, -0.15) is 0 Å². The van der Waals surface area contributed by atoms with Crippen LogP contribution in [0.25, 0.3) is 0 Å². The van der Waals surface area contributed by atoms with Crippen LogP contribution in [0.5, 0.6) is 11.5 Å². The number of halogens is 1. The van der Waals surface area contributed by atoms with Gasteiger partial charge in [0.25, 0.3) is 0 Å². The third-order valence-corrected chi connectivity index (χ3v) is 4.49. The van der Waals surface area contributed by atoms with Gasteiger partial charge in [-0.1, -0.05) is 39.7 Å². The van der Waals surface area contributed by atoms with Crippen LogP contribution in [0.3, 0.4) is 0 Å². The van der Waals surface area contributed by atoms with Gasteiger partial charge in [0.05, 0.1) is 14.2 Å². The second kappa shape index (κ2) is 6.99. The Balaban J connectivity index is 2.27. The fraction of sp³-hybridized carbons (Fsp3) is 0.333. The van der Waals surface area contributed by atoms with Crippen molar-refractivity contribution in [2.45, 2.75) is 25.1 Å². The Labute approximate surface area is 135 Å². The molecule has 0 saturated heterocycles. The highest BCUT2D eigenvalue weighted by Crippen LogP contribution is 2.33. The molecule has 0 saturated carbocycles. The molecule has 112 valence electrons. The Bertz CT molecular complexity index is 600. The molecule has 0 aliphatic heterocycles. The fourth-order valence-electron chi connectivity index (χ4n) is 2.34. The third kappa shape index (κ3) is 4.01. The van der Waals surface area contributed by atoms with Gasteiger partial charge >= 0.3 is 0 Å². The molecule has 0 N–H and O–H groups in total. The maximum atomic E-state index is 5.34. The van der Waals surface area contributed by atoms with Gasteiger partial charge in [-0.3, -0.25) is 0 Å². The van der Waals surface area contributed by atoms with Crippen LogP contribution in [-0.2, 0) is 6.42 Å². The number of ether oxygens (including phenoxy) is 2. The van der Waals surface area contributed by atoms with Gasteiger partial charge < -0.3 is 9.47 Å². The first-order valence-electron chi connectivity index (χ1n) is 6.96. The molecule has 0 aliphatic rings. The summed E-state index contributed by atoms with van der Waals surface area (Å²) in [5.41, 5.74) is 5.13. The van der Waals surface area contributed by atoms with Crippen LogP contribution in [0, 0.1) is 13.8 Å². The van der Waals surface area contributed by atoms with Gasteiger partial charge in [0.1, 0.15) is 11.5 Å². The van der Waals surface area contributed by atoms with Crippen LogP contribution in [0.2, 0.25) is 0 Å². The summed E-state index contributed by atoms with van der Waals surface area (Å²) in [7, 11) is 3.35. The van der Waals surface area contributed by atoms with Crippen molar-refractivity contribution in [2.24, 2.45) is 0 Å². The Morgan fingerprint density at radius 3 is 2.14 bits per heavy atom. The number of benzene rings is 2. The normalized spacial score (nSPS) is 12.0. The Morgan fingerprint density at radius 2 is 1.57 bits per heavy atom. The highest BCUT2D eigenvalue weighted by atomic mass is 79.9. The summed E-state index contributed by atoms with van der Waals surface area (Å²) in [5, 5.41) is 0. The summed E-state index contributed by atoms with van der Waals surface area (Å²) in [6, 6.07) is 12.6. The highest BCUT2D eigenvalue weighted by Gasteiger charge is 2.13. The van der Waals surface area contributed by atoms with Crippen LogP contribution in [0.15, 0.2) is 36.4 Å². The molecule has 21 heavy (non-hydrogen) atoms. The molecule has 0 aliphatic carbocycles. The standard InChI is InChI=1S/C18H21BrO2/c1-12-5-6-13(2)14(7-12)10-18(19)15-8-16(20-3)11-17(9-15)21-4/h5-9,11,18H,10H2,1-4H3. The van der Waals surface area contributed by atoms with E-state index in [0.717, 1.165) is 23.5 Å². The summed E-state index contributed by atoms with van der Waals surface area (Å²) in [6.07, 6.45) is 0.934. The minimum Gasteiger partial charge on any atom is -0.497 e. The zero-order chi connectivity index (χ0) is 15.4. The van der Waals surface area contributed by atoms with Crippen LogP contribution in [0.1, 0.15) is 27.1 Å². The molecule has 2 aromatic carbocycles. The largest absolute Gasteiger partial charge is 0.497 e. The molecule has 0 fully saturated rings. The van der Waals surface area contributed by atoms with Crippen molar-refractivity contribution in [3.8, 4) is 11.5 Å². The van der Waals surface area contributed by atoms with E-state index in [9.17, 15) is 0 Å². The maximum Gasteiger partial charge on any atom is 0.122 e. The van der Waals surface area contributed by atoms with E-state index < -0.39 is 0 Å². The predicted molar refractivity (Wildman–Crippen MR) is 90.8 cm³/mol. The van der Waals surface area contributed by atoms with Gasteiger partial charge in [0.15, 0.2) is 0 Å². The first kappa shape index (κ1) is 15.9. The van der Waals surface area contributed by atoms with E-state index in [2.05, 4.69) is 48.0 Å². The van der Waals surface area contributed by atoms with Gasteiger partial charge in [-0.15, -0.1) is 0 Å². The van der Waals surface area contributed by atoms with Crippen molar-refractivity contribution in [1.82, 2.24) is 0 Å².